The zero-order valence-electron chi connectivity index (χ0n) is 19.4. The summed E-state index contributed by atoms with van der Waals surface area (Å²) in [5.74, 6) is 7.61. The smallest absolute Gasteiger partial charge is 0.310 e. The molecule has 174 valence electrons. The van der Waals surface area contributed by atoms with Gasteiger partial charge in [-0.15, -0.1) is 0 Å². The minimum absolute atomic E-state index is 0.0800. The van der Waals surface area contributed by atoms with Gasteiger partial charge in [0.05, 0.1) is 11.8 Å². The lowest BCUT2D eigenvalue weighted by molar-refractivity contribution is -0.172. The minimum Gasteiger partial charge on any atom is -0.481 e. The predicted octanol–water partition coefficient (Wildman–Crippen LogP) is 4.72. The highest BCUT2D eigenvalue weighted by molar-refractivity contribution is 5.83. The van der Waals surface area contributed by atoms with E-state index < -0.39 is 11.9 Å². The summed E-state index contributed by atoms with van der Waals surface area (Å²) in [5, 5.41) is 10.2. The summed E-state index contributed by atoms with van der Waals surface area (Å²) >= 11 is 0. The van der Waals surface area contributed by atoms with E-state index in [2.05, 4.69) is 13.8 Å². The number of rotatable bonds is 3. The van der Waals surface area contributed by atoms with Gasteiger partial charge >= 0.3 is 11.9 Å². The van der Waals surface area contributed by atoms with E-state index in [1.165, 1.54) is 32.1 Å². The van der Waals surface area contributed by atoms with E-state index in [1.54, 1.807) is 0 Å². The number of ether oxygens (including phenoxy) is 1. The van der Waals surface area contributed by atoms with E-state index in [1.807, 2.05) is 0 Å². The van der Waals surface area contributed by atoms with Crippen LogP contribution in [0.4, 0.5) is 0 Å². The molecule has 8 aliphatic carbocycles. The second kappa shape index (κ2) is 6.13. The summed E-state index contributed by atoms with van der Waals surface area (Å²) in [7, 11) is 0. The van der Waals surface area contributed by atoms with Crippen molar-refractivity contribution in [3.63, 3.8) is 0 Å². The van der Waals surface area contributed by atoms with E-state index in [0.717, 1.165) is 48.3 Å². The van der Waals surface area contributed by atoms with Crippen molar-refractivity contribution in [2.75, 3.05) is 0 Å². The standard InChI is InChI=1S/C28H38O4/c1-10-11(2)16-8-15(10)23-18-9-19(24(16)23)26(25(18)27(29)30)28(31)32-20-7-14-6-17(20)22-13-4-3-12(5-13)21(14)22/h10-26H,3-9H2,1-2H3,(H,29,30). The minimum atomic E-state index is -0.734. The third kappa shape index (κ3) is 2.09. The first-order chi connectivity index (χ1) is 15.4. The number of carbonyl (C=O) groups excluding carboxylic acids is 1. The van der Waals surface area contributed by atoms with E-state index in [4.69, 9.17) is 4.74 Å². The Morgan fingerprint density at radius 1 is 0.656 bits per heavy atom. The maximum absolute atomic E-state index is 13.7. The fourth-order valence-electron chi connectivity index (χ4n) is 12.8. The molecule has 0 aromatic heterocycles. The summed E-state index contributed by atoms with van der Waals surface area (Å²) < 4.78 is 6.35. The molecule has 0 aromatic carbocycles. The molecule has 0 radical (unpaired) electrons. The fourth-order valence-corrected chi connectivity index (χ4v) is 12.8. The van der Waals surface area contributed by atoms with E-state index >= 15 is 0 Å². The van der Waals surface area contributed by atoms with Gasteiger partial charge < -0.3 is 9.84 Å². The Labute approximate surface area is 191 Å². The number of esters is 1. The molecular formula is C28H38O4. The summed E-state index contributed by atoms with van der Waals surface area (Å²) in [6.07, 6.45) is 8.90. The Balaban J connectivity index is 1.05. The van der Waals surface area contributed by atoms with Gasteiger partial charge in [0.15, 0.2) is 0 Å². The largest absolute Gasteiger partial charge is 0.481 e. The fraction of sp³-hybridized carbons (Fsp3) is 0.929. The molecule has 0 aliphatic heterocycles. The number of hydrogen-bond donors (Lipinski definition) is 1. The third-order valence-corrected chi connectivity index (χ3v) is 13.5. The Hall–Kier alpha value is -1.06. The van der Waals surface area contributed by atoms with E-state index in [9.17, 15) is 14.7 Å². The molecular weight excluding hydrogens is 400 g/mol. The Morgan fingerprint density at radius 3 is 1.97 bits per heavy atom. The third-order valence-electron chi connectivity index (χ3n) is 13.5. The molecule has 8 fully saturated rings. The first kappa shape index (κ1) is 19.3. The van der Waals surface area contributed by atoms with Gasteiger partial charge in [-0.1, -0.05) is 13.8 Å². The van der Waals surface area contributed by atoms with Crippen LogP contribution < -0.4 is 0 Å². The molecule has 4 nitrogen and oxygen atoms in total. The van der Waals surface area contributed by atoms with Crippen LogP contribution in [0, 0.1) is 94.7 Å². The summed E-state index contributed by atoms with van der Waals surface area (Å²) in [6.45, 7) is 4.79. The lowest BCUT2D eigenvalue weighted by atomic mass is 9.59. The molecule has 32 heavy (non-hydrogen) atoms. The lowest BCUT2D eigenvalue weighted by Crippen LogP contribution is -2.48. The molecule has 8 bridgehead atoms. The van der Waals surface area contributed by atoms with E-state index in [0.29, 0.717) is 35.5 Å². The van der Waals surface area contributed by atoms with Crippen molar-refractivity contribution in [1.82, 2.24) is 0 Å². The zero-order chi connectivity index (χ0) is 21.6. The average molecular weight is 439 g/mol. The molecule has 1 N–H and O–H groups in total. The number of aliphatic carboxylic acids is 1. The lowest BCUT2D eigenvalue weighted by Gasteiger charge is -2.45. The molecule has 17 atom stereocenters. The highest BCUT2D eigenvalue weighted by atomic mass is 16.5. The topological polar surface area (TPSA) is 63.6 Å². The van der Waals surface area contributed by atoms with Crippen LogP contribution in [-0.2, 0) is 14.3 Å². The molecule has 0 aromatic rings. The van der Waals surface area contributed by atoms with Crippen LogP contribution in [0.25, 0.3) is 0 Å². The number of carboxylic acid groups (broad SMARTS) is 1. The van der Waals surface area contributed by atoms with Crippen LogP contribution in [-0.4, -0.2) is 23.1 Å². The zero-order valence-corrected chi connectivity index (χ0v) is 19.4. The molecule has 8 aliphatic rings. The number of carboxylic acids is 1. The molecule has 0 heterocycles. The van der Waals surface area contributed by atoms with Crippen LogP contribution >= 0.6 is 0 Å². The molecule has 8 rings (SSSR count). The van der Waals surface area contributed by atoms with Crippen molar-refractivity contribution in [3.8, 4) is 0 Å². The molecule has 0 saturated heterocycles. The van der Waals surface area contributed by atoms with Crippen LogP contribution in [0.5, 0.6) is 0 Å². The molecule has 8 saturated carbocycles. The maximum Gasteiger partial charge on any atom is 0.310 e. The first-order valence-corrected chi connectivity index (χ1v) is 13.9. The maximum atomic E-state index is 13.7. The highest BCUT2D eigenvalue weighted by Crippen LogP contribution is 2.73. The van der Waals surface area contributed by atoms with Crippen LogP contribution in [0.15, 0.2) is 0 Å². The van der Waals surface area contributed by atoms with Crippen LogP contribution in [0.3, 0.4) is 0 Å². The average Bonchev–Trinajstić information content (AvgIpc) is 3.59. The van der Waals surface area contributed by atoms with Gasteiger partial charge in [0, 0.05) is 0 Å². The summed E-state index contributed by atoms with van der Waals surface area (Å²) in [5.41, 5.74) is 0. The van der Waals surface area contributed by atoms with Crippen molar-refractivity contribution in [1.29, 1.82) is 0 Å². The normalized spacial score (nSPS) is 64.4. The van der Waals surface area contributed by atoms with Gasteiger partial charge in [0.1, 0.15) is 6.10 Å². The van der Waals surface area contributed by atoms with Crippen LogP contribution in [0.1, 0.15) is 58.8 Å². The SMILES string of the molecule is CC1C(C)C2CC1C1C3CC(C(C(=O)OC4CC5CC4C4C6CCC(C6)C54)C3C(=O)O)C21. The van der Waals surface area contributed by atoms with Crippen molar-refractivity contribution >= 4 is 11.9 Å². The molecule has 0 amide bonds. The van der Waals surface area contributed by atoms with Crippen molar-refractivity contribution < 1.29 is 19.4 Å². The van der Waals surface area contributed by atoms with Crippen molar-refractivity contribution in [2.24, 2.45) is 94.7 Å². The monoisotopic (exact) mass is 438 g/mol. The summed E-state index contributed by atoms with van der Waals surface area (Å²) in [6, 6.07) is 0. The van der Waals surface area contributed by atoms with Crippen molar-refractivity contribution in [3.05, 3.63) is 0 Å². The van der Waals surface area contributed by atoms with Gasteiger partial charge in [-0.2, -0.15) is 0 Å². The predicted molar refractivity (Wildman–Crippen MR) is 117 cm³/mol. The van der Waals surface area contributed by atoms with Gasteiger partial charge in [0.2, 0.25) is 0 Å². The molecule has 17 unspecified atom stereocenters. The first-order valence-electron chi connectivity index (χ1n) is 13.9. The number of fused-ring (bicyclic) bond motifs is 18. The van der Waals surface area contributed by atoms with Crippen molar-refractivity contribution in [2.45, 2.75) is 64.9 Å². The Bertz CT molecular complexity index is 883. The van der Waals surface area contributed by atoms with Gasteiger partial charge in [-0.3, -0.25) is 9.59 Å². The highest BCUT2D eigenvalue weighted by Gasteiger charge is 2.71. The van der Waals surface area contributed by atoms with Gasteiger partial charge in [0.25, 0.3) is 0 Å². The second-order valence-electron chi connectivity index (χ2n) is 13.7. The number of carbonyl (C=O) groups is 2. The summed E-state index contributed by atoms with van der Waals surface area (Å²) in [4.78, 5) is 26.1. The van der Waals surface area contributed by atoms with Gasteiger partial charge in [-0.25, -0.2) is 0 Å². The van der Waals surface area contributed by atoms with Crippen LogP contribution in [0.2, 0.25) is 0 Å². The van der Waals surface area contributed by atoms with Gasteiger partial charge in [-0.05, 0) is 128 Å². The molecule has 4 heteroatoms. The quantitative estimate of drug-likeness (QED) is 0.511. The molecule has 0 spiro atoms. The number of hydrogen-bond acceptors (Lipinski definition) is 3. The second-order valence-corrected chi connectivity index (χ2v) is 13.7. The van der Waals surface area contributed by atoms with E-state index in [-0.39, 0.29) is 29.8 Å². The Morgan fingerprint density at radius 2 is 1.28 bits per heavy atom. The Kier molecular flexibility index (Phi) is 3.69.